The van der Waals surface area contributed by atoms with Crippen molar-refractivity contribution in [3.63, 3.8) is 0 Å². The van der Waals surface area contributed by atoms with Crippen molar-refractivity contribution in [1.29, 1.82) is 0 Å². The summed E-state index contributed by atoms with van der Waals surface area (Å²) in [5, 5.41) is 8.39. The first-order valence-corrected chi connectivity index (χ1v) is 5.49. The van der Waals surface area contributed by atoms with Gasteiger partial charge >= 0.3 is 5.97 Å². The molecule has 0 aromatic rings. The summed E-state index contributed by atoms with van der Waals surface area (Å²) >= 11 is 0. The van der Waals surface area contributed by atoms with Gasteiger partial charge in [-0.3, -0.25) is 4.79 Å². The Bertz CT molecular complexity index is 126. The number of carbonyl (C=O) groups is 1. The summed E-state index contributed by atoms with van der Waals surface area (Å²) in [5.41, 5.74) is 0. The molecule has 1 N–H and O–H groups in total. The van der Waals surface area contributed by atoms with Gasteiger partial charge in [0.05, 0.1) is 0 Å². The molecule has 0 fully saturated rings. The van der Waals surface area contributed by atoms with Crippen LogP contribution in [0, 0.1) is 0 Å². The van der Waals surface area contributed by atoms with Crippen molar-refractivity contribution in [2.45, 2.75) is 64.7 Å². The van der Waals surface area contributed by atoms with Crippen LogP contribution < -0.4 is 0 Å². The molecule has 0 heterocycles. The van der Waals surface area contributed by atoms with Crippen LogP contribution >= 0.6 is 0 Å². The van der Waals surface area contributed by atoms with Crippen LogP contribution in [0.1, 0.15) is 64.7 Å². The standard InChI is InChI=1S/C11H22O2.Zr/c1-2-3-4-5-6-7-8-9-10-11(12)13;/h2-10H2,1H3,(H,12,13);. The van der Waals surface area contributed by atoms with Gasteiger partial charge in [0, 0.05) is 32.6 Å². The molecule has 0 aromatic heterocycles. The summed E-state index contributed by atoms with van der Waals surface area (Å²) in [7, 11) is 0. The van der Waals surface area contributed by atoms with Crippen molar-refractivity contribution in [2.24, 2.45) is 0 Å². The summed E-state index contributed by atoms with van der Waals surface area (Å²) in [6.07, 6.45) is 10.1. The molecule has 0 aliphatic carbocycles. The van der Waals surface area contributed by atoms with Gasteiger partial charge in [0.25, 0.3) is 0 Å². The van der Waals surface area contributed by atoms with Gasteiger partial charge in [-0.25, -0.2) is 0 Å². The summed E-state index contributed by atoms with van der Waals surface area (Å²) < 4.78 is 0. The number of hydrogen-bond donors (Lipinski definition) is 1. The molecule has 3 heteroatoms. The minimum absolute atomic E-state index is 0. The third kappa shape index (κ3) is 14.9. The molecule has 2 nitrogen and oxygen atoms in total. The van der Waals surface area contributed by atoms with Crippen molar-refractivity contribution in [2.75, 3.05) is 0 Å². The second kappa shape index (κ2) is 13.4. The van der Waals surface area contributed by atoms with Gasteiger partial charge in [0.2, 0.25) is 0 Å². The van der Waals surface area contributed by atoms with E-state index in [0.29, 0.717) is 6.42 Å². The Morgan fingerprint density at radius 1 is 0.929 bits per heavy atom. The number of hydrogen-bond acceptors (Lipinski definition) is 1. The molecule has 0 bridgehead atoms. The Hall–Kier alpha value is 0.353. The maximum absolute atomic E-state index is 10.2. The zero-order valence-electron chi connectivity index (χ0n) is 9.22. The maximum atomic E-state index is 10.2. The fourth-order valence-electron chi connectivity index (χ4n) is 1.41. The molecule has 0 aromatic carbocycles. The number of rotatable bonds is 9. The van der Waals surface area contributed by atoms with E-state index >= 15 is 0 Å². The Kier molecular flexibility index (Phi) is 16.0. The van der Waals surface area contributed by atoms with Crippen LogP contribution in [0.15, 0.2) is 0 Å². The molecular weight excluding hydrogens is 255 g/mol. The van der Waals surface area contributed by atoms with E-state index in [-0.39, 0.29) is 26.2 Å². The molecule has 0 aliphatic rings. The van der Waals surface area contributed by atoms with E-state index < -0.39 is 5.97 Å². The van der Waals surface area contributed by atoms with Crippen LogP contribution in [0.2, 0.25) is 0 Å². The van der Waals surface area contributed by atoms with Crippen LogP contribution in [0.3, 0.4) is 0 Å². The largest absolute Gasteiger partial charge is 0.481 e. The zero-order chi connectivity index (χ0) is 9.94. The third-order valence-corrected chi connectivity index (χ3v) is 2.24. The van der Waals surface area contributed by atoms with Crippen molar-refractivity contribution < 1.29 is 36.1 Å². The van der Waals surface area contributed by atoms with E-state index in [9.17, 15) is 4.79 Å². The van der Waals surface area contributed by atoms with Gasteiger partial charge in [0.15, 0.2) is 0 Å². The Labute approximate surface area is 107 Å². The van der Waals surface area contributed by atoms with Crippen LogP contribution in [0.5, 0.6) is 0 Å². The second-order valence-corrected chi connectivity index (χ2v) is 3.62. The fourth-order valence-corrected chi connectivity index (χ4v) is 1.41. The van der Waals surface area contributed by atoms with E-state index in [2.05, 4.69) is 6.92 Å². The van der Waals surface area contributed by atoms with Gasteiger partial charge < -0.3 is 5.11 Å². The molecule has 82 valence electrons. The molecule has 0 unspecified atom stereocenters. The number of unbranched alkanes of at least 4 members (excludes halogenated alkanes) is 7. The van der Waals surface area contributed by atoms with E-state index in [4.69, 9.17) is 5.11 Å². The van der Waals surface area contributed by atoms with E-state index in [1.165, 1.54) is 38.5 Å². The minimum Gasteiger partial charge on any atom is -0.481 e. The van der Waals surface area contributed by atoms with E-state index in [1.807, 2.05) is 0 Å². The first-order chi connectivity index (χ1) is 6.27. The average molecular weight is 278 g/mol. The summed E-state index contributed by atoms with van der Waals surface area (Å²) in [4.78, 5) is 10.2. The third-order valence-electron chi connectivity index (χ3n) is 2.24. The Morgan fingerprint density at radius 2 is 1.36 bits per heavy atom. The summed E-state index contributed by atoms with van der Waals surface area (Å²) in [6, 6.07) is 0. The molecule has 0 atom stereocenters. The molecule has 0 saturated carbocycles. The fraction of sp³-hybridized carbons (Fsp3) is 0.909. The number of carboxylic acid groups (broad SMARTS) is 1. The smallest absolute Gasteiger partial charge is 0.303 e. The number of aliphatic carboxylic acids is 1. The van der Waals surface area contributed by atoms with Gasteiger partial charge in [-0.05, 0) is 6.42 Å². The van der Waals surface area contributed by atoms with Crippen molar-refractivity contribution in [1.82, 2.24) is 0 Å². The van der Waals surface area contributed by atoms with Gasteiger partial charge in [0.1, 0.15) is 0 Å². The van der Waals surface area contributed by atoms with E-state index in [1.54, 1.807) is 0 Å². The molecule has 0 amide bonds. The first-order valence-electron chi connectivity index (χ1n) is 5.49. The minimum atomic E-state index is -0.661. The predicted octanol–water partition coefficient (Wildman–Crippen LogP) is 3.60. The predicted molar refractivity (Wildman–Crippen MR) is 54.9 cm³/mol. The van der Waals surface area contributed by atoms with Gasteiger partial charge in [-0.15, -0.1) is 0 Å². The maximum Gasteiger partial charge on any atom is 0.303 e. The SMILES string of the molecule is CCCCCCCCCCC(=O)O.[Zr]. The Balaban J connectivity index is 0. The molecule has 0 radical (unpaired) electrons. The summed E-state index contributed by atoms with van der Waals surface area (Å²) in [5.74, 6) is -0.661. The molecule has 14 heavy (non-hydrogen) atoms. The average Bonchev–Trinajstić information content (AvgIpc) is 2.09. The van der Waals surface area contributed by atoms with Crippen LogP contribution in [0.25, 0.3) is 0 Å². The van der Waals surface area contributed by atoms with Crippen molar-refractivity contribution >= 4 is 5.97 Å². The normalized spacial score (nSPS) is 9.50. The topological polar surface area (TPSA) is 37.3 Å². The van der Waals surface area contributed by atoms with Gasteiger partial charge in [-0.1, -0.05) is 51.9 Å². The van der Waals surface area contributed by atoms with Gasteiger partial charge in [-0.2, -0.15) is 0 Å². The van der Waals surface area contributed by atoms with E-state index in [0.717, 1.165) is 12.8 Å². The molecule has 0 spiro atoms. The monoisotopic (exact) mass is 276 g/mol. The van der Waals surface area contributed by atoms with Crippen molar-refractivity contribution in [3.8, 4) is 0 Å². The second-order valence-electron chi connectivity index (χ2n) is 3.62. The quantitative estimate of drug-likeness (QED) is 0.654. The van der Waals surface area contributed by atoms with Crippen LogP contribution in [0.4, 0.5) is 0 Å². The number of carboxylic acids is 1. The zero-order valence-corrected chi connectivity index (χ0v) is 11.7. The molecule has 0 rings (SSSR count). The molecule has 0 saturated heterocycles. The molecular formula is C11H22O2Zr. The summed E-state index contributed by atoms with van der Waals surface area (Å²) in [6.45, 7) is 2.22. The Morgan fingerprint density at radius 3 is 1.79 bits per heavy atom. The van der Waals surface area contributed by atoms with Crippen LogP contribution in [-0.4, -0.2) is 11.1 Å². The van der Waals surface area contributed by atoms with Crippen LogP contribution in [-0.2, 0) is 31.0 Å². The molecule has 0 aliphatic heterocycles. The van der Waals surface area contributed by atoms with Crippen molar-refractivity contribution in [3.05, 3.63) is 0 Å². The first kappa shape index (κ1) is 16.8.